The Hall–Kier alpha value is -1.32. The maximum atomic E-state index is 9.02. The third kappa shape index (κ3) is 2.10. The van der Waals surface area contributed by atoms with E-state index < -0.39 is 0 Å². The molecular weight excluding hydrogens is 200 g/mol. The summed E-state index contributed by atoms with van der Waals surface area (Å²) in [6.45, 7) is 1.55. The number of rotatable bonds is 5. The second-order valence-corrected chi connectivity index (χ2v) is 3.98. The van der Waals surface area contributed by atoms with Gasteiger partial charge in [0.15, 0.2) is 0 Å². The van der Waals surface area contributed by atoms with Crippen LogP contribution in [0.5, 0.6) is 0 Å². The van der Waals surface area contributed by atoms with Crippen LogP contribution in [0.2, 0.25) is 0 Å². The molecule has 0 aliphatic heterocycles. The van der Waals surface area contributed by atoms with Crippen LogP contribution in [0.15, 0.2) is 30.5 Å². The van der Waals surface area contributed by atoms with E-state index in [-0.39, 0.29) is 6.61 Å². The molecule has 3 N–H and O–H groups in total. The third-order valence-electron chi connectivity index (χ3n) is 2.86. The fourth-order valence-electron chi connectivity index (χ4n) is 2.11. The molecule has 1 heterocycles. The lowest BCUT2D eigenvalue weighted by Crippen LogP contribution is -2.01. The lowest BCUT2D eigenvalue weighted by molar-refractivity contribution is 0.278. The Morgan fingerprint density at radius 3 is 2.81 bits per heavy atom. The van der Waals surface area contributed by atoms with Crippen molar-refractivity contribution >= 4 is 10.9 Å². The summed E-state index contributed by atoms with van der Waals surface area (Å²) in [5, 5.41) is 10.3. The number of benzene rings is 1. The van der Waals surface area contributed by atoms with Crippen molar-refractivity contribution in [2.24, 2.45) is 5.73 Å². The zero-order valence-corrected chi connectivity index (χ0v) is 9.39. The van der Waals surface area contributed by atoms with Crippen LogP contribution in [-0.4, -0.2) is 22.8 Å². The van der Waals surface area contributed by atoms with E-state index in [4.69, 9.17) is 10.8 Å². The first-order chi connectivity index (χ1) is 7.86. The van der Waals surface area contributed by atoms with E-state index in [2.05, 4.69) is 29.0 Å². The number of aromatic nitrogens is 1. The molecule has 0 aliphatic carbocycles. The fourth-order valence-corrected chi connectivity index (χ4v) is 2.11. The summed E-state index contributed by atoms with van der Waals surface area (Å²) in [6.07, 6.45) is 4.15. The molecule has 3 nitrogen and oxygen atoms in total. The van der Waals surface area contributed by atoms with Gasteiger partial charge < -0.3 is 15.4 Å². The number of hydrogen-bond acceptors (Lipinski definition) is 2. The molecule has 2 rings (SSSR count). The molecule has 0 amide bonds. The van der Waals surface area contributed by atoms with Crippen molar-refractivity contribution in [1.82, 2.24) is 4.57 Å². The van der Waals surface area contributed by atoms with Crippen LogP contribution in [0.1, 0.15) is 12.0 Å². The molecule has 1 aromatic carbocycles. The Kier molecular flexibility index (Phi) is 3.59. The predicted octanol–water partition coefficient (Wildman–Crippen LogP) is 1.52. The quantitative estimate of drug-likeness (QED) is 0.799. The molecule has 16 heavy (non-hydrogen) atoms. The molecule has 0 aliphatic rings. The van der Waals surface area contributed by atoms with E-state index in [1.807, 2.05) is 6.07 Å². The third-order valence-corrected chi connectivity index (χ3v) is 2.86. The number of aliphatic hydroxyl groups excluding tert-OH is 1. The molecule has 2 aromatic rings. The minimum absolute atomic E-state index is 0.176. The Bertz CT molecular complexity index is 462. The van der Waals surface area contributed by atoms with Crippen LogP contribution < -0.4 is 5.73 Å². The van der Waals surface area contributed by atoms with Crippen LogP contribution in [0.4, 0.5) is 0 Å². The van der Waals surface area contributed by atoms with E-state index in [0.29, 0.717) is 6.54 Å². The highest BCUT2D eigenvalue weighted by molar-refractivity contribution is 5.83. The van der Waals surface area contributed by atoms with Crippen LogP contribution in [0.25, 0.3) is 10.9 Å². The van der Waals surface area contributed by atoms with Crippen molar-refractivity contribution in [3.63, 3.8) is 0 Å². The van der Waals surface area contributed by atoms with Gasteiger partial charge in [0.1, 0.15) is 0 Å². The number of nitrogens with zero attached hydrogens (tertiary/aromatic N) is 1. The highest BCUT2D eigenvalue weighted by Gasteiger charge is 2.06. The van der Waals surface area contributed by atoms with Crippen molar-refractivity contribution in [1.29, 1.82) is 0 Å². The van der Waals surface area contributed by atoms with Crippen LogP contribution in [0, 0.1) is 0 Å². The number of hydrogen-bond donors (Lipinski definition) is 2. The molecule has 0 radical (unpaired) electrons. The molecular formula is C13H18N2O. The van der Waals surface area contributed by atoms with Gasteiger partial charge in [-0.2, -0.15) is 0 Å². The van der Waals surface area contributed by atoms with Crippen molar-refractivity contribution in [2.45, 2.75) is 19.4 Å². The van der Waals surface area contributed by atoms with E-state index in [1.54, 1.807) is 0 Å². The van der Waals surface area contributed by atoms with Crippen LogP contribution in [-0.2, 0) is 13.0 Å². The fraction of sp³-hybridized carbons (Fsp3) is 0.385. The van der Waals surface area contributed by atoms with E-state index >= 15 is 0 Å². The largest absolute Gasteiger partial charge is 0.395 e. The van der Waals surface area contributed by atoms with Gasteiger partial charge >= 0.3 is 0 Å². The molecule has 0 atom stereocenters. The highest BCUT2D eigenvalue weighted by atomic mass is 16.3. The maximum absolute atomic E-state index is 9.02. The summed E-state index contributed by atoms with van der Waals surface area (Å²) in [4.78, 5) is 0. The molecule has 0 unspecified atom stereocenters. The number of aryl methyl sites for hydroxylation is 1. The van der Waals surface area contributed by atoms with Gasteiger partial charge in [-0.3, -0.25) is 0 Å². The minimum atomic E-state index is 0.176. The molecule has 0 bridgehead atoms. The van der Waals surface area contributed by atoms with Gasteiger partial charge in [-0.15, -0.1) is 0 Å². The minimum Gasteiger partial charge on any atom is -0.395 e. The van der Waals surface area contributed by atoms with E-state index in [0.717, 1.165) is 19.4 Å². The molecule has 86 valence electrons. The normalized spacial score (nSPS) is 11.1. The summed E-state index contributed by atoms with van der Waals surface area (Å²) in [5.74, 6) is 0. The molecule has 1 aromatic heterocycles. The van der Waals surface area contributed by atoms with Gasteiger partial charge in [0, 0.05) is 23.6 Å². The van der Waals surface area contributed by atoms with Crippen molar-refractivity contribution in [3.05, 3.63) is 36.0 Å². The van der Waals surface area contributed by atoms with Gasteiger partial charge in [0.2, 0.25) is 0 Å². The van der Waals surface area contributed by atoms with Crippen molar-refractivity contribution in [3.8, 4) is 0 Å². The summed E-state index contributed by atoms with van der Waals surface area (Å²) < 4.78 is 2.11. The summed E-state index contributed by atoms with van der Waals surface area (Å²) in [5.41, 5.74) is 8.07. The molecule has 0 fully saturated rings. The van der Waals surface area contributed by atoms with Crippen molar-refractivity contribution < 1.29 is 5.11 Å². The number of fused-ring (bicyclic) bond motifs is 1. The van der Waals surface area contributed by atoms with Gasteiger partial charge in [-0.05, 0) is 31.0 Å². The predicted molar refractivity (Wildman–Crippen MR) is 66.4 cm³/mol. The van der Waals surface area contributed by atoms with Gasteiger partial charge in [-0.25, -0.2) is 0 Å². The number of nitrogens with two attached hydrogens (primary N) is 1. The highest BCUT2D eigenvalue weighted by Crippen LogP contribution is 2.22. The standard InChI is InChI=1S/C13H18N2O/c14-7-3-4-11-10-15(8-9-16)13-6-2-1-5-12(11)13/h1-2,5-6,10,16H,3-4,7-9,14H2. The maximum Gasteiger partial charge on any atom is 0.0610 e. The van der Waals surface area contributed by atoms with E-state index in [9.17, 15) is 0 Å². The summed E-state index contributed by atoms with van der Waals surface area (Å²) in [6, 6.07) is 8.31. The first-order valence-electron chi connectivity index (χ1n) is 5.74. The number of para-hydroxylation sites is 1. The second kappa shape index (κ2) is 5.14. The Balaban J connectivity index is 2.40. The van der Waals surface area contributed by atoms with E-state index in [1.165, 1.54) is 16.5 Å². The van der Waals surface area contributed by atoms with Crippen LogP contribution >= 0.6 is 0 Å². The summed E-state index contributed by atoms with van der Waals surface area (Å²) in [7, 11) is 0. The Labute approximate surface area is 95.5 Å². The SMILES string of the molecule is NCCCc1cn(CCO)c2ccccc12. The molecule has 3 heteroatoms. The first kappa shape index (κ1) is 11.2. The zero-order chi connectivity index (χ0) is 11.4. The number of aliphatic hydroxyl groups is 1. The molecule has 0 saturated carbocycles. The first-order valence-corrected chi connectivity index (χ1v) is 5.74. The lowest BCUT2D eigenvalue weighted by atomic mass is 10.1. The second-order valence-electron chi connectivity index (χ2n) is 3.98. The average molecular weight is 218 g/mol. The molecule has 0 spiro atoms. The van der Waals surface area contributed by atoms with Crippen molar-refractivity contribution in [2.75, 3.05) is 13.2 Å². The van der Waals surface area contributed by atoms with Gasteiger partial charge in [0.25, 0.3) is 0 Å². The Morgan fingerprint density at radius 2 is 2.06 bits per heavy atom. The smallest absolute Gasteiger partial charge is 0.0610 e. The van der Waals surface area contributed by atoms with Gasteiger partial charge in [-0.1, -0.05) is 18.2 Å². The lowest BCUT2D eigenvalue weighted by Gasteiger charge is -2.00. The van der Waals surface area contributed by atoms with Crippen LogP contribution in [0.3, 0.4) is 0 Å². The van der Waals surface area contributed by atoms with Gasteiger partial charge in [0.05, 0.1) is 6.61 Å². The monoisotopic (exact) mass is 218 g/mol. The topological polar surface area (TPSA) is 51.2 Å². The molecule has 0 saturated heterocycles. The summed E-state index contributed by atoms with van der Waals surface area (Å²) >= 11 is 0. The Morgan fingerprint density at radius 1 is 1.25 bits per heavy atom. The average Bonchev–Trinajstić information content (AvgIpc) is 2.66. The zero-order valence-electron chi connectivity index (χ0n) is 9.39.